The van der Waals surface area contributed by atoms with Gasteiger partial charge in [0.1, 0.15) is 5.82 Å². The second-order valence-corrected chi connectivity index (χ2v) is 5.45. The molecule has 2 N–H and O–H groups in total. The van der Waals surface area contributed by atoms with Crippen molar-refractivity contribution in [2.75, 3.05) is 31.6 Å². The number of benzene rings is 1. The molecule has 1 aromatic heterocycles. The van der Waals surface area contributed by atoms with E-state index >= 15 is 0 Å². The minimum atomic E-state index is 0.298. The lowest BCUT2D eigenvalue weighted by Crippen LogP contribution is -2.47. The molecule has 2 aromatic rings. The molecule has 1 atom stereocenters. The fraction of sp³-hybridized carbons (Fsp3) is 0.375. The van der Waals surface area contributed by atoms with Gasteiger partial charge in [-0.2, -0.15) is 0 Å². The van der Waals surface area contributed by atoms with Crippen LogP contribution < -0.4 is 10.6 Å². The first kappa shape index (κ1) is 14.0. The zero-order valence-corrected chi connectivity index (χ0v) is 12.3. The van der Waals surface area contributed by atoms with Gasteiger partial charge in [-0.25, -0.2) is 4.98 Å². The molecule has 0 aliphatic carbocycles. The van der Waals surface area contributed by atoms with Gasteiger partial charge >= 0.3 is 0 Å². The zero-order valence-electron chi connectivity index (χ0n) is 12.3. The van der Waals surface area contributed by atoms with Crippen LogP contribution in [0.5, 0.6) is 0 Å². The van der Waals surface area contributed by atoms with Crippen LogP contribution in [0.4, 0.5) is 5.82 Å². The molecule has 1 unspecified atom stereocenters. The van der Waals surface area contributed by atoms with Crippen LogP contribution in [0.15, 0.2) is 42.7 Å². The molecule has 0 bridgehead atoms. The smallest absolute Gasteiger partial charge is 0.148 e. The Morgan fingerprint density at radius 2 is 2.00 bits per heavy atom. The quantitative estimate of drug-likeness (QED) is 0.923. The van der Waals surface area contributed by atoms with Crippen LogP contribution in [0, 0.1) is 0 Å². The number of anilines is 1. The van der Waals surface area contributed by atoms with Crippen molar-refractivity contribution in [1.29, 1.82) is 0 Å². The second-order valence-electron chi connectivity index (χ2n) is 5.45. The third-order valence-electron chi connectivity index (χ3n) is 3.94. The number of nitrogens with two attached hydrogens (primary N) is 1. The number of aromatic nitrogens is 2. The van der Waals surface area contributed by atoms with E-state index in [1.165, 1.54) is 5.56 Å². The molecule has 0 amide bonds. The highest BCUT2D eigenvalue weighted by atomic mass is 15.3. The van der Waals surface area contributed by atoms with Crippen molar-refractivity contribution in [3.05, 3.63) is 54.0 Å². The topological polar surface area (TPSA) is 58.3 Å². The normalized spacial score (nSPS) is 19.7. The van der Waals surface area contributed by atoms with Gasteiger partial charge in [0.2, 0.25) is 0 Å². The summed E-state index contributed by atoms with van der Waals surface area (Å²) in [5.41, 5.74) is 7.83. The number of likely N-dealkylation sites (N-methyl/N-ethyl adjacent to an activating group) is 1. The van der Waals surface area contributed by atoms with E-state index in [1.54, 1.807) is 6.20 Å². The third-order valence-corrected chi connectivity index (χ3v) is 3.94. The van der Waals surface area contributed by atoms with Gasteiger partial charge < -0.3 is 15.5 Å². The summed E-state index contributed by atoms with van der Waals surface area (Å²) >= 11 is 0. The minimum Gasteiger partial charge on any atom is -0.346 e. The Balaban J connectivity index is 1.94. The fourth-order valence-electron chi connectivity index (χ4n) is 2.79. The van der Waals surface area contributed by atoms with Gasteiger partial charge in [-0.3, -0.25) is 4.98 Å². The Morgan fingerprint density at radius 1 is 1.19 bits per heavy atom. The molecule has 2 heterocycles. The molecule has 0 spiro atoms. The van der Waals surface area contributed by atoms with Crippen molar-refractivity contribution in [1.82, 2.24) is 14.9 Å². The summed E-state index contributed by atoms with van der Waals surface area (Å²) in [7, 11) is 2.16. The van der Waals surface area contributed by atoms with E-state index in [1.807, 2.05) is 6.20 Å². The maximum Gasteiger partial charge on any atom is 0.148 e. The van der Waals surface area contributed by atoms with Crippen molar-refractivity contribution in [3.8, 4) is 0 Å². The van der Waals surface area contributed by atoms with Gasteiger partial charge in [0.15, 0.2) is 0 Å². The predicted molar refractivity (Wildman–Crippen MR) is 83.9 cm³/mol. The molecule has 1 aliphatic heterocycles. The first-order valence-electron chi connectivity index (χ1n) is 7.29. The Morgan fingerprint density at radius 3 is 2.76 bits per heavy atom. The van der Waals surface area contributed by atoms with Gasteiger partial charge in [-0.1, -0.05) is 30.3 Å². The highest BCUT2D eigenvalue weighted by molar-refractivity contribution is 5.42. The molecular weight excluding hydrogens is 262 g/mol. The summed E-state index contributed by atoms with van der Waals surface area (Å²) in [4.78, 5) is 13.6. The Hall–Kier alpha value is -1.98. The average Bonchev–Trinajstić information content (AvgIpc) is 2.55. The van der Waals surface area contributed by atoms with E-state index in [9.17, 15) is 0 Å². The lowest BCUT2D eigenvalue weighted by molar-refractivity contribution is 0.268. The zero-order chi connectivity index (χ0) is 14.7. The van der Waals surface area contributed by atoms with Crippen LogP contribution in [-0.2, 0) is 6.54 Å². The lowest BCUT2D eigenvalue weighted by Gasteiger charge is -2.41. The van der Waals surface area contributed by atoms with Crippen molar-refractivity contribution in [3.63, 3.8) is 0 Å². The Bertz CT molecular complexity index is 586. The van der Waals surface area contributed by atoms with Crippen LogP contribution in [0.3, 0.4) is 0 Å². The first-order chi connectivity index (χ1) is 10.3. The molecule has 1 aromatic carbocycles. The van der Waals surface area contributed by atoms with Gasteiger partial charge in [-0.15, -0.1) is 0 Å². The Kier molecular flexibility index (Phi) is 4.13. The number of nitrogens with zero attached hydrogens (tertiary/aromatic N) is 4. The SMILES string of the molecule is CN1CCN(c2cncc(CN)n2)C(c2ccccc2)C1. The number of hydrogen-bond acceptors (Lipinski definition) is 5. The van der Waals surface area contributed by atoms with E-state index < -0.39 is 0 Å². The minimum absolute atomic E-state index is 0.298. The summed E-state index contributed by atoms with van der Waals surface area (Å²) < 4.78 is 0. The molecule has 1 fully saturated rings. The van der Waals surface area contributed by atoms with Crippen molar-refractivity contribution < 1.29 is 0 Å². The first-order valence-corrected chi connectivity index (χ1v) is 7.29. The van der Waals surface area contributed by atoms with Crippen molar-refractivity contribution >= 4 is 5.82 Å². The molecule has 5 heteroatoms. The molecule has 1 saturated heterocycles. The third kappa shape index (κ3) is 3.04. The molecule has 1 aliphatic rings. The summed E-state index contributed by atoms with van der Waals surface area (Å²) in [6.45, 7) is 3.37. The highest BCUT2D eigenvalue weighted by Crippen LogP contribution is 2.28. The van der Waals surface area contributed by atoms with Crippen molar-refractivity contribution in [2.45, 2.75) is 12.6 Å². The number of rotatable bonds is 3. The van der Waals surface area contributed by atoms with Gasteiger partial charge in [-0.05, 0) is 12.6 Å². The van der Waals surface area contributed by atoms with Crippen LogP contribution in [0.2, 0.25) is 0 Å². The van der Waals surface area contributed by atoms with Crippen LogP contribution in [0.1, 0.15) is 17.3 Å². The Labute approximate surface area is 125 Å². The summed E-state index contributed by atoms with van der Waals surface area (Å²) in [5.74, 6) is 0.917. The standard InChI is InChI=1S/C16H21N5/c1-20-7-8-21(16-11-18-10-14(9-17)19-16)15(12-20)13-5-3-2-4-6-13/h2-6,10-11,15H,7-9,12,17H2,1H3. The van der Waals surface area contributed by atoms with E-state index in [0.717, 1.165) is 31.1 Å². The lowest BCUT2D eigenvalue weighted by atomic mass is 10.0. The van der Waals surface area contributed by atoms with E-state index in [0.29, 0.717) is 12.6 Å². The molecule has 3 rings (SSSR count). The van der Waals surface area contributed by atoms with Crippen LogP contribution in [-0.4, -0.2) is 41.5 Å². The molecule has 0 saturated carbocycles. The summed E-state index contributed by atoms with van der Waals surface area (Å²) in [6, 6.07) is 10.9. The van der Waals surface area contributed by atoms with E-state index in [4.69, 9.17) is 5.73 Å². The molecular formula is C16H21N5. The largest absolute Gasteiger partial charge is 0.346 e. The van der Waals surface area contributed by atoms with Crippen LogP contribution >= 0.6 is 0 Å². The molecule has 5 nitrogen and oxygen atoms in total. The van der Waals surface area contributed by atoms with E-state index in [2.05, 4.69) is 57.1 Å². The summed E-state index contributed by atoms with van der Waals surface area (Å²) in [5, 5.41) is 0. The fourth-order valence-corrected chi connectivity index (χ4v) is 2.79. The van der Waals surface area contributed by atoms with Gasteiger partial charge in [0.25, 0.3) is 0 Å². The molecule has 0 radical (unpaired) electrons. The van der Waals surface area contributed by atoms with E-state index in [-0.39, 0.29) is 0 Å². The number of hydrogen-bond donors (Lipinski definition) is 1. The maximum absolute atomic E-state index is 5.69. The predicted octanol–water partition coefficient (Wildman–Crippen LogP) is 1.43. The average molecular weight is 283 g/mol. The highest BCUT2D eigenvalue weighted by Gasteiger charge is 2.27. The maximum atomic E-state index is 5.69. The van der Waals surface area contributed by atoms with Gasteiger partial charge in [0, 0.05) is 32.4 Å². The molecule has 110 valence electrons. The number of piperazine rings is 1. The van der Waals surface area contributed by atoms with Crippen LogP contribution in [0.25, 0.3) is 0 Å². The molecule has 21 heavy (non-hydrogen) atoms. The second kappa shape index (κ2) is 6.20. The summed E-state index contributed by atoms with van der Waals surface area (Å²) in [6.07, 6.45) is 3.57. The van der Waals surface area contributed by atoms with Gasteiger partial charge in [0.05, 0.1) is 17.9 Å². The van der Waals surface area contributed by atoms with Crippen molar-refractivity contribution in [2.24, 2.45) is 5.73 Å². The monoisotopic (exact) mass is 283 g/mol.